The van der Waals surface area contributed by atoms with Gasteiger partial charge in [-0.25, -0.2) is 5.84 Å². The fraction of sp³-hybridized carbons (Fsp3) is 0.500. The summed E-state index contributed by atoms with van der Waals surface area (Å²) in [4.78, 5) is 4.35. The van der Waals surface area contributed by atoms with Crippen molar-refractivity contribution in [2.24, 2.45) is 10.8 Å². The Bertz CT molecular complexity index is 410. The molecule has 4 N–H and O–H groups in total. The summed E-state index contributed by atoms with van der Waals surface area (Å²) in [7, 11) is 3.37. The summed E-state index contributed by atoms with van der Waals surface area (Å²) in [6.45, 7) is 2.02. The Morgan fingerprint density at radius 1 is 1.20 bits per heavy atom. The lowest BCUT2D eigenvalue weighted by Crippen LogP contribution is -2.36. The number of guanidine groups is 1. The van der Waals surface area contributed by atoms with Crippen LogP contribution in [0.4, 0.5) is 5.69 Å². The summed E-state index contributed by atoms with van der Waals surface area (Å²) in [5, 5.41) is 3.20. The van der Waals surface area contributed by atoms with Crippen molar-refractivity contribution in [3.8, 4) is 0 Å². The van der Waals surface area contributed by atoms with Crippen molar-refractivity contribution in [2.75, 3.05) is 39.3 Å². The van der Waals surface area contributed by atoms with Crippen LogP contribution < -0.4 is 16.6 Å². The average molecular weight is 280 g/mol. The van der Waals surface area contributed by atoms with Gasteiger partial charge in [0.15, 0.2) is 0 Å². The Labute approximate surface area is 120 Å². The van der Waals surface area contributed by atoms with Crippen molar-refractivity contribution >= 4 is 11.6 Å². The number of nitrogens with one attached hydrogen (secondary N) is 2. The summed E-state index contributed by atoms with van der Waals surface area (Å²) in [6.07, 6.45) is 1.69. The van der Waals surface area contributed by atoms with E-state index in [9.17, 15) is 0 Å². The van der Waals surface area contributed by atoms with Gasteiger partial charge in [-0.15, -0.1) is 0 Å². The number of ether oxygens (including phenoxy) is 2. The van der Waals surface area contributed by atoms with Crippen LogP contribution in [0, 0.1) is 0 Å². The topological polar surface area (TPSA) is 80.9 Å². The van der Waals surface area contributed by atoms with Gasteiger partial charge < -0.3 is 14.8 Å². The molecule has 0 fully saturated rings. The zero-order valence-electron chi connectivity index (χ0n) is 12.2. The van der Waals surface area contributed by atoms with Crippen LogP contribution in [0.15, 0.2) is 29.3 Å². The first-order chi connectivity index (χ1) is 9.81. The fourth-order valence-electron chi connectivity index (χ4n) is 1.72. The van der Waals surface area contributed by atoms with Crippen molar-refractivity contribution in [3.05, 3.63) is 29.8 Å². The molecule has 1 rings (SSSR count). The smallest absolute Gasteiger partial charge is 0.210 e. The molecular formula is C14H24N4O2. The lowest BCUT2D eigenvalue weighted by Gasteiger charge is -2.13. The summed E-state index contributed by atoms with van der Waals surface area (Å²) in [6, 6.07) is 8.02. The molecule has 0 spiro atoms. The molecule has 6 nitrogen and oxygen atoms in total. The van der Waals surface area contributed by atoms with Crippen molar-refractivity contribution in [2.45, 2.75) is 12.8 Å². The Morgan fingerprint density at radius 3 is 2.65 bits per heavy atom. The van der Waals surface area contributed by atoms with E-state index in [1.807, 2.05) is 18.2 Å². The molecule has 0 unspecified atom stereocenters. The number of hydrogen-bond acceptors (Lipinski definition) is 4. The molecule has 6 heteroatoms. The minimum Gasteiger partial charge on any atom is -0.385 e. The Balaban J connectivity index is 2.64. The molecule has 0 radical (unpaired) electrons. The minimum absolute atomic E-state index is 0.547. The molecule has 0 aromatic heterocycles. The maximum absolute atomic E-state index is 5.49. The van der Waals surface area contributed by atoms with Crippen LogP contribution in [0.5, 0.6) is 0 Å². The number of hydrazine groups is 1. The molecule has 112 valence electrons. The van der Waals surface area contributed by atoms with E-state index in [4.69, 9.17) is 15.3 Å². The van der Waals surface area contributed by atoms with Crippen LogP contribution in [0.2, 0.25) is 0 Å². The number of methoxy groups -OCH3 is 2. The number of benzene rings is 1. The zero-order chi connectivity index (χ0) is 14.6. The monoisotopic (exact) mass is 280 g/mol. The summed E-state index contributed by atoms with van der Waals surface area (Å²) in [5.74, 6) is 6.03. The van der Waals surface area contributed by atoms with Gasteiger partial charge >= 0.3 is 0 Å². The molecule has 0 aliphatic heterocycles. The highest BCUT2D eigenvalue weighted by atomic mass is 16.5. The van der Waals surface area contributed by atoms with Crippen LogP contribution in [-0.2, 0) is 15.9 Å². The lowest BCUT2D eigenvalue weighted by atomic mass is 10.1. The third-order valence-electron chi connectivity index (χ3n) is 2.76. The van der Waals surface area contributed by atoms with Gasteiger partial charge in [0.25, 0.3) is 0 Å². The van der Waals surface area contributed by atoms with Gasteiger partial charge in [0.2, 0.25) is 5.96 Å². The molecule has 1 aromatic rings. The second-order valence-electron chi connectivity index (χ2n) is 4.25. The number of nitrogens with two attached hydrogens (primary N) is 1. The molecule has 0 bridgehead atoms. The maximum atomic E-state index is 5.49. The fourth-order valence-corrected chi connectivity index (χ4v) is 1.72. The van der Waals surface area contributed by atoms with Gasteiger partial charge in [-0.1, -0.05) is 18.2 Å². The molecule has 0 saturated carbocycles. The standard InChI is InChI=1S/C14H24N4O2/c1-19-10-5-9-16-14(18-15)17-13-7-4-3-6-12(13)8-11-20-2/h3-4,6-7H,5,8-11,15H2,1-2H3,(H2,16,17,18). The van der Waals surface area contributed by atoms with Crippen molar-refractivity contribution in [1.29, 1.82) is 0 Å². The Hall–Kier alpha value is -1.63. The van der Waals surface area contributed by atoms with E-state index in [0.29, 0.717) is 25.7 Å². The number of anilines is 1. The molecule has 20 heavy (non-hydrogen) atoms. The normalized spacial score (nSPS) is 11.4. The van der Waals surface area contributed by atoms with Gasteiger partial charge in [0.05, 0.1) is 6.61 Å². The first-order valence-corrected chi connectivity index (χ1v) is 6.65. The summed E-state index contributed by atoms with van der Waals surface area (Å²) >= 11 is 0. The predicted octanol–water partition coefficient (Wildman–Crippen LogP) is 1.14. The van der Waals surface area contributed by atoms with Gasteiger partial charge in [0, 0.05) is 33.1 Å². The van der Waals surface area contributed by atoms with Gasteiger partial charge in [-0.3, -0.25) is 10.4 Å². The molecule has 0 heterocycles. The number of aliphatic imine (C=N–C) groups is 1. The van der Waals surface area contributed by atoms with E-state index < -0.39 is 0 Å². The van der Waals surface area contributed by atoms with Gasteiger partial charge in [0.1, 0.15) is 0 Å². The quantitative estimate of drug-likeness (QED) is 0.219. The van der Waals surface area contributed by atoms with Crippen LogP contribution in [-0.4, -0.2) is 39.9 Å². The van der Waals surface area contributed by atoms with Crippen LogP contribution >= 0.6 is 0 Å². The number of para-hydroxylation sites is 1. The molecule has 0 saturated heterocycles. The van der Waals surface area contributed by atoms with E-state index in [2.05, 4.69) is 21.8 Å². The first kappa shape index (κ1) is 16.4. The largest absolute Gasteiger partial charge is 0.385 e. The molecule has 0 aliphatic carbocycles. The Kier molecular flexibility index (Phi) is 8.37. The third kappa shape index (κ3) is 6.01. The predicted molar refractivity (Wildman–Crippen MR) is 81.8 cm³/mol. The zero-order valence-corrected chi connectivity index (χ0v) is 12.2. The van der Waals surface area contributed by atoms with Crippen LogP contribution in [0.1, 0.15) is 12.0 Å². The maximum Gasteiger partial charge on any atom is 0.210 e. The third-order valence-corrected chi connectivity index (χ3v) is 2.76. The van der Waals surface area contributed by atoms with E-state index in [1.165, 1.54) is 0 Å². The second kappa shape index (κ2) is 10.2. The number of hydrogen-bond donors (Lipinski definition) is 3. The molecule has 0 atom stereocenters. The number of nitrogens with zero attached hydrogens (tertiary/aromatic N) is 1. The van der Waals surface area contributed by atoms with Crippen molar-refractivity contribution < 1.29 is 9.47 Å². The summed E-state index contributed by atoms with van der Waals surface area (Å²) in [5.41, 5.74) is 4.72. The highest BCUT2D eigenvalue weighted by molar-refractivity contribution is 5.93. The van der Waals surface area contributed by atoms with Crippen LogP contribution in [0.25, 0.3) is 0 Å². The molecule has 0 aliphatic rings. The highest BCUT2D eigenvalue weighted by Crippen LogP contribution is 2.15. The SMILES string of the molecule is COCCCN=C(NN)Nc1ccccc1CCOC. The molecular weight excluding hydrogens is 256 g/mol. The van der Waals surface area contributed by atoms with E-state index in [1.54, 1.807) is 14.2 Å². The molecule has 0 amide bonds. The van der Waals surface area contributed by atoms with E-state index >= 15 is 0 Å². The first-order valence-electron chi connectivity index (χ1n) is 6.65. The van der Waals surface area contributed by atoms with Crippen molar-refractivity contribution in [1.82, 2.24) is 5.43 Å². The molecule has 1 aromatic carbocycles. The Morgan fingerprint density at radius 2 is 1.95 bits per heavy atom. The van der Waals surface area contributed by atoms with E-state index in [-0.39, 0.29) is 0 Å². The summed E-state index contributed by atoms with van der Waals surface area (Å²) < 4.78 is 10.1. The highest BCUT2D eigenvalue weighted by Gasteiger charge is 2.03. The number of rotatable bonds is 8. The lowest BCUT2D eigenvalue weighted by molar-refractivity contribution is 0.197. The van der Waals surface area contributed by atoms with E-state index in [0.717, 1.165) is 24.1 Å². The second-order valence-corrected chi connectivity index (χ2v) is 4.25. The van der Waals surface area contributed by atoms with Crippen LogP contribution in [0.3, 0.4) is 0 Å². The van der Waals surface area contributed by atoms with Gasteiger partial charge in [-0.2, -0.15) is 0 Å². The minimum atomic E-state index is 0.547. The van der Waals surface area contributed by atoms with Gasteiger partial charge in [-0.05, 0) is 24.5 Å². The van der Waals surface area contributed by atoms with Crippen molar-refractivity contribution in [3.63, 3.8) is 0 Å². The average Bonchev–Trinajstić information content (AvgIpc) is 2.49.